The third-order valence-corrected chi connectivity index (χ3v) is 3.20. The number of esters is 1. The van der Waals surface area contributed by atoms with E-state index < -0.39 is 22.9 Å². The van der Waals surface area contributed by atoms with Crippen LogP contribution >= 0.6 is 0 Å². The van der Waals surface area contributed by atoms with Crippen LogP contribution in [0, 0.1) is 10.1 Å². The van der Waals surface area contributed by atoms with Gasteiger partial charge in [0.25, 0.3) is 5.69 Å². The second kappa shape index (κ2) is 7.14. The molecule has 1 unspecified atom stereocenters. The van der Waals surface area contributed by atoms with E-state index in [1.165, 1.54) is 7.11 Å². The Morgan fingerprint density at radius 1 is 1.35 bits per heavy atom. The van der Waals surface area contributed by atoms with Gasteiger partial charge in [0, 0.05) is 13.5 Å². The number of fused-ring (bicyclic) bond motifs is 1. The average Bonchev–Trinajstić information content (AvgIpc) is 2.58. The van der Waals surface area contributed by atoms with E-state index in [2.05, 4.69) is 4.74 Å². The van der Waals surface area contributed by atoms with Crippen LogP contribution < -0.4 is 14.2 Å². The van der Waals surface area contributed by atoms with Crippen LogP contribution in [0.2, 0.25) is 0 Å². The largest absolute Gasteiger partial charge is 0.485 e. The van der Waals surface area contributed by atoms with Crippen molar-refractivity contribution in [3.05, 3.63) is 21.7 Å². The van der Waals surface area contributed by atoms with Crippen LogP contribution in [0.3, 0.4) is 0 Å². The third-order valence-electron chi connectivity index (χ3n) is 3.20. The fourth-order valence-corrected chi connectivity index (χ4v) is 2.14. The van der Waals surface area contributed by atoms with Crippen molar-refractivity contribution in [2.45, 2.75) is 19.6 Å². The summed E-state index contributed by atoms with van der Waals surface area (Å²) in [5.41, 5.74) is -0.785. The van der Waals surface area contributed by atoms with Crippen molar-refractivity contribution >= 4 is 11.7 Å². The van der Waals surface area contributed by atoms with Gasteiger partial charge < -0.3 is 23.7 Å². The summed E-state index contributed by atoms with van der Waals surface area (Å²) in [4.78, 5) is 22.5. The van der Waals surface area contributed by atoms with Gasteiger partial charge in [-0.25, -0.2) is 4.79 Å². The first-order valence-electron chi connectivity index (χ1n) is 6.92. The molecule has 0 aliphatic carbocycles. The summed E-state index contributed by atoms with van der Waals surface area (Å²) < 4.78 is 26.2. The lowest BCUT2D eigenvalue weighted by Crippen LogP contribution is -2.22. The molecular formula is C14H17NO8. The fraction of sp³-hybridized carbons (Fsp3) is 0.500. The summed E-state index contributed by atoms with van der Waals surface area (Å²) in [5.74, 6) is -0.743. The maximum atomic E-state index is 11.9. The predicted molar refractivity (Wildman–Crippen MR) is 77.1 cm³/mol. The average molecular weight is 327 g/mol. The molecule has 126 valence electrons. The van der Waals surface area contributed by atoms with Gasteiger partial charge in [0.05, 0.1) is 18.1 Å². The Labute approximate surface area is 132 Å². The van der Waals surface area contributed by atoms with Crippen LogP contribution in [0.5, 0.6) is 17.2 Å². The second-order valence-corrected chi connectivity index (χ2v) is 4.56. The normalized spacial score (nSPS) is 14.0. The molecule has 1 aromatic rings. The van der Waals surface area contributed by atoms with Gasteiger partial charge in [0.15, 0.2) is 23.4 Å². The molecule has 0 spiro atoms. The molecule has 9 nitrogen and oxygen atoms in total. The first-order chi connectivity index (χ1) is 11.0. The van der Waals surface area contributed by atoms with Gasteiger partial charge >= 0.3 is 5.97 Å². The van der Waals surface area contributed by atoms with E-state index >= 15 is 0 Å². The van der Waals surface area contributed by atoms with Crippen molar-refractivity contribution in [2.24, 2.45) is 0 Å². The number of rotatable bonds is 6. The van der Waals surface area contributed by atoms with Crippen LogP contribution in [-0.2, 0) is 9.47 Å². The first-order valence-corrected chi connectivity index (χ1v) is 6.92. The highest BCUT2D eigenvalue weighted by molar-refractivity contribution is 5.99. The van der Waals surface area contributed by atoms with Crippen LogP contribution in [0.1, 0.15) is 23.7 Å². The summed E-state index contributed by atoms with van der Waals surface area (Å²) >= 11 is 0. The molecule has 2 rings (SSSR count). The lowest BCUT2D eigenvalue weighted by Gasteiger charge is -2.24. The summed E-state index contributed by atoms with van der Waals surface area (Å²) in [6, 6.07) is 1.11. The molecule has 1 aromatic carbocycles. The smallest absolute Gasteiger partial charge is 0.348 e. The van der Waals surface area contributed by atoms with Crippen molar-refractivity contribution < 1.29 is 33.4 Å². The molecule has 0 aromatic heterocycles. The van der Waals surface area contributed by atoms with Gasteiger partial charge in [-0.05, 0) is 0 Å². The summed E-state index contributed by atoms with van der Waals surface area (Å²) in [6.07, 6.45) is -0.105. The zero-order chi connectivity index (χ0) is 17.0. The zero-order valence-corrected chi connectivity index (χ0v) is 13.0. The molecule has 9 heteroatoms. The number of methoxy groups -OCH3 is 2. The number of benzene rings is 1. The topological polar surface area (TPSA) is 106 Å². The number of carbonyl (C=O) groups is 1. The number of hydrogen-bond donors (Lipinski definition) is 0. The van der Waals surface area contributed by atoms with Crippen molar-refractivity contribution in [3.63, 3.8) is 0 Å². The standard InChI is InChI=1S/C14H17NO8/c1-4-10(19-2)23-9-7-8(15(17)18)11(14(16)20-3)13-12(9)21-5-6-22-13/h7,10H,4-6H2,1-3H3. The Morgan fingerprint density at radius 3 is 2.52 bits per heavy atom. The predicted octanol–water partition coefficient (Wildman–Crippen LogP) is 1.91. The van der Waals surface area contributed by atoms with Crippen LogP contribution in [0.15, 0.2) is 6.07 Å². The van der Waals surface area contributed by atoms with Crippen LogP contribution in [0.25, 0.3) is 0 Å². The van der Waals surface area contributed by atoms with E-state index in [-0.39, 0.29) is 36.0 Å². The molecule has 23 heavy (non-hydrogen) atoms. The lowest BCUT2D eigenvalue weighted by atomic mass is 10.1. The highest BCUT2D eigenvalue weighted by Gasteiger charge is 2.35. The molecule has 1 aliphatic rings. The monoisotopic (exact) mass is 327 g/mol. The second-order valence-electron chi connectivity index (χ2n) is 4.56. The van der Waals surface area contributed by atoms with Crippen molar-refractivity contribution in [1.29, 1.82) is 0 Å². The molecule has 0 saturated carbocycles. The van der Waals surface area contributed by atoms with Crippen molar-refractivity contribution in [1.82, 2.24) is 0 Å². The maximum absolute atomic E-state index is 11.9. The highest BCUT2D eigenvalue weighted by Crippen LogP contribution is 2.47. The molecule has 1 atom stereocenters. The number of hydrogen-bond acceptors (Lipinski definition) is 8. The molecule has 1 aliphatic heterocycles. The molecule has 0 bridgehead atoms. The van der Waals surface area contributed by atoms with E-state index in [1.807, 2.05) is 6.92 Å². The van der Waals surface area contributed by atoms with Gasteiger partial charge in [0.1, 0.15) is 13.2 Å². The number of ether oxygens (including phenoxy) is 5. The van der Waals surface area contributed by atoms with Gasteiger partial charge in [-0.2, -0.15) is 0 Å². The van der Waals surface area contributed by atoms with Gasteiger partial charge in [-0.1, -0.05) is 6.92 Å². The SMILES string of the molecule is CCC(OC)Oc1cc([N+](=O)[O-])c(C(=O)OC)c2c1OCCO2. The van der Waals surface area contributed by atoms with Crippen LogP contribution in [-0.4, -0.2) is 44.6 Å². The van der Waals surface area contributed by atoms with E-state index in [0.29, 0.717) is 6.42 Å². The van der Waals surface area contributed by atoms with Gasteiger partial charge in [-0.3, -0.25) is 10.1 Å². The Hall–Kier alpha value is -2.55. The molecule has 0 N–H and O–H groups in total. The lowest BCUT2D eigenvalue weighted by molar-refractivity contribution is -0.385. The van der Waals surface area contributed by atoms with E-state index in [9.17, 15) is 14.9 Å². The zero-order valence-electron chi connectivity index (χ0n) is 13.0. The van der Waals surface area contributed by atoms with Gasteiger partial charge in [-0.15, -0.1) is 0 Å². The molecule has 0 radical (unpaired) electrons. The van der Waals surface area contributed by atoms with E-state index in [0.717, 1.165) is 13.2 Å². The molecule has 0 fully saturated rings. The minimum Gasteiger partial charge on any atom is -0.485 e. The molecule has 0 amide bonds. The number of carbonyl (C=O) groups excluding carboxylic acids is 1. The summed E-state index contributed by atoms with van der Waals surface area (Å²) in [5, 5.41) is 11.3. The van der Waals surface area contributed by atoms with E-state index in [1.54, 1.807) is 0 Å². The summed E-state index contributed by atoms with van der Waals surface area (Å²) in [7, 11) is 2.58. The number of nitro groups is 1. The minimum atomic E-state index is -0.885. The highest BCUT2D eigenvalue weighted by atomic mass is 16.7. The Balaban J connectivity index is 2.62. The van der Waals surface area contributed by atoms with Crippen molar-refractivity contribution in [2.75, 3.05) is 27.4 Å². The Bertz CT molecular complexity index is 611. The fourth-order valence-electron chi connectivity index (χ4n) is 2.14. The van der Waals surface area contributed by atoms with E-state index in [4.69, 9.17) is 18.9 Å². The Kier molecular flexibility index (Phi) is 5.22. The molecular weight excluding hydrogens is 310 g/mol. The number of nitrogens with zero attached hydrogens (tertiary/aromatic N) is 1. The van der Waals surface area contributed by atoms with Crippen LogP contribution in [0.4, 0.5) is 5.69 Å². The first kappa shape index (κ1) is 16.8. The molecule has 0 saturated heterocycles. The van der Waals surface area contributed by atoms with Crippen molar-refractivity contribution in [3.8, 4) is 17.2 Å². The maximum Gasteiger partial charge on any atom is 0.348 e. The third kappa shape index (κ3) is 3.29. The molecule has 1 heterocycles. The van der Waals surface area contributed by atoms with Gasteiger partial charge in [0.2, 0.25) is 5.75 Å². The summed E-state index contributed by atoms with van der Waals surface area (Å²) in [6.45, 7) is 2.21. The minimum absolute atomic E-state index is 0.0572. The Morgan fingerprint density at radius 2 is 2.00 bits per heavy atom. The quantitative estimate of drug-likeness (QED) is 0.337. The number of nitro benzene ring substituents is 1.